The minimum Gasteiger partial charge on any atom is -0.493 e. The molecule has 1 aliphatic rings. The molecule has 0 saturated carbocycles. The molecule has 0 spiro atoms. The van der Waals surface area contributed by atoms with Gasteiger partial charge in [0.1, 0.15) is 12.1 Å². The summed E-state index contributed by atoms with van der Waals surface area (Å²) in [4.78, 5) is 29.1. The number of methoxy groups -OCH3 is 2. The highest BCUT2D eigenvalue weighted by Crippen LogP contribution is 2.38. The number of benzene rings is 1. The van der Waals surface area contributed by atoms with Crippen LogP contribution in [0.4, 0.5) is 5.82 Å². The molecule has 0 bridgehead atoms. The Morgan fingerprint density at radius 2 is 1.81 bits per heavy atom. The molecule has 1 aliphatic heterocycles. The first-order valence-corrected chi connectivity index (χ1v) is 10.9. The first-order chi connectivity index (χ1) is 12.9. The van der Waals surface area contributed by atoms with Crippen LogP contribution in [0.15, 0.2) is 18.5 Å². The molecule has 1 fully saturated rings. The fourth-order valence-corrected chi connectivity index (χ4v) is 4.24. The summed E-state index contributed by atoms with van der Waals surface area (Å²) < 4.78 is 21.7. The van der Waals surface area contributed by atoms with Crippen molar-refractivity contribution < 1.29 is 23.8 Å². The summed E-state index contributed by atoms with van der Waals surface area (Å²) in [5.74, 6) is 2.66. The number of nitrogens with zero attached hydrogens (tertiary/aromatic N) is 3. The van der Waals surface area contributed by atoms with E-state index in [4.69, 9.17) is 19.3 Å². The van der Waals surface area contributed by atoms with Gasteiger partial charge in [-0.15, -0.1) is 0 Å². The summed E-state index contributed by atoms with van der Waals surface area (Å²) in [7, 11) is -0.677. The lowest BCUT2D eigenvalue weighted by Gasteiger charge is -2.33. The van der Waals surface area contributed by atoms with E-state index in [-0.39, 0.29) is 6.16 Å². The monoisotopic (exact) mass is 395 g/mol. The number of anilines is 1. The van der Waals surface area contributed by atoms with Crippen molar-refractivity contribution in [3.8, 4) is 11.5 Å². The summed E-state index contributed by atoms with van der Waals surface area (Å²) in [5.41, 5.74) is 0.807. The van der Waals surface area contributed by atoms with Crippen molar-refractivity contribution in [2.45, 2.75) is 25.7 Å². The van der Waals surface area contributed by atoms with E-state index < -0.39 is 7.60 Å². The number of hydrogen-bond donors (Lipinski definition) is 2. The van der Waals surface area contributed by atoms with Crippen molar-refractivity contribution in [3.63, 3.8) is 0 Å². The van der Waals surface area contributed by atoms with Crippen LogP contribution >= 0.6 is 7.60 Å². The molecule has 2 N–H and O–H groups in total. The molecule has 0 unspecified atom stereocenters. The van der Waals surface area contributed by atoms with Crippen LogP contribution in [0.25, 0.3) is 10.9 Å². The van der Waals surface area contributed by atoms with Gasteiger partial charge in [0.05, 0.1) is 19.7 Å². The molecule has 1 saturated heterocycles. The second kappa shape index (κ2) is 8.42. The molecule has 8 nitrogen and oxygen atoms in total. The van der Waals surface area contributed by atoms with E-state index in [0.29, 0.717) is 23.8 Å². The van der Waals surface area contributed by atoms with Gasteiger partial charge in [0.15, 0.2) is 11.5 Å². The number of piperidine rings is 1. The van der Waals surface area contributed by atoms with Gasteiger partial charge >= 0.3 is 7.60 Å². The van der Waals surface area contributed by atoms with Gasteiger partial charge in [0, 0.05) is 30.7 Å². The highest BCUT2D eigenvalue weighted by atomic mass is 31.2. The van der Waals surface area contributed by atoms with Gasteiger partial charge in [-0.1, -0.05) is 0 Å². The zero-order valence-corrected chi connectivity index (χ0v) is 16.6. The lowest BCUT2D eigenvalue weighted by atomic mass is 9.92. The first kappa shape index (κ1) is 19.9. The number of fused-ring (bicyclic) bond motifs is 1. The van der Waals surface area contributed by atoms with Crippen LogP contribution in [-0.2, 0) is 4.57 Å². The van der Waals surface area contributed by atoms with Gasteiger partial charge in [0.2, 0.25) is 0 Å². The molecule has 1 aromatic carbocycles. The maximum absolute atomic E-state index is 11.0. The van der Waals surface area contributed by atoms with E-state index >= 15 is 0 Å². The Morgan fingerprint density at radius 3 is 2.44 bits per heavy atom. The molecule has 9 heteroatoms. The molecule has 148 valence electrons. The predicted octanol–water partition coefficient (Wildman–Crippen LogP) is 2.82. The molecule has 3 rings (SSSR count). The third-order valence-corrected chi connectivity index (χ3v) is 5.99. The third kappa shape index (κ3) is 4.89. The largest absolute Gasteiger partial charge is 0.493 e. The number of rotatable bonds is 7. The zero-order valence-electron chi connectivity index (χ0n) is 15.7. The van der Waals surface area contributed by atoms with Gasteiger partial charge < -0.3 is 24.2 Å². The zero-order chi connectivity index (χ0) is 19.4. The van der Waals surface area contributed by atoms with Crippen molar-refractivity contribution in [1.82, 2.24) is 9.97 Å². The summed E-state index contributed by atoms with van der Waals surface area (Å²) in [6, 6.07) is 3.77. The molecule has 1 aromatic heterocycles. The van der Waals surface area contributed by atoms with Crippen LogP contribution in [0.2, 0.25) is 0 Å². The van der Waals surface area contributed by atoms with E-state index in [1.807, 2.05) is 12.1 Å². The van der Waals surface area contributed by atoms with Gasteiger partial charge in [-0.2, -0.15) is 0 Å². The van der Waals surface area contributed by atoms with Crippen LogP contribution in [0.3, 0.4) is 0 Å². The Bertz CT molecular complexity index is 833. The Kier molecular flexibility index (Phi) is 6.19. The second-order valence-corrected chi connectivity index (χ2v) is 8.66. The van der Waals surface area contributed by atoms with E-state index in [1.165, 1.54) is 0 Å². The molecule has 27 heavy (non-hydrogen) atoms. The Labute approximate surface area is 158 Å². The lowest BCUT2D eigenvalue weighted by Crippen LogP contribution is -2.34. The van der Waals surface area contributed by atoms with E-state index in [9.17, 15) is 4.57 Å². The molecule has 0 aliphatic carbocycles. The second-order valence-electron chi connectivity index (χ2n) is 6.88. The van der Waals surface area contributed by atoms with E-state index in [1.54, 1.807) is 20.5 Å². The van der Waals surface area contributed by atoms with Gasteiger partial charge in [0.25, 0.3) is 0 Å². The standard InChI is InChI=1S/C18H26N3O5P/c1-25-16-10-14-15(11-17(16)26-2)19-12-20-18(14)21-7-5-13(6-8-21)4-3-9-27(22,23)24/h10-13H,3-9H2,1-2H3,(H2,22,23,24). The minimum absolute atomic E-state index is 0.0224. The third-order valence-electron chi connectivity index (χ3n) is 5.10. The molecule has 2 heterocycles. The summed E-state index contributed by atoms with van der Waals surface area (Å²) >= 11 is 0. The Balaban J connectivity index is 1.71. The SMILES string of the molecule is COc1cc2ncnc(N3CCC(CCCP(=O)(O)O)CC3)c2cc1OC. The highest BCUT2D eigenvalue weighted by Gasteiger charge is 2.23. The van der Waals surface area contributed by atoms with Gasteiger partial charge in [-0.25, -0.2) is 9.97 Å². The Morgan fingerprint density at radius 1 is 1.15 bits per heavy atom. The smallest absolute Gasteiger partial charge is 0.325 e. The molecule has 2 aromatic rings. The number of ether oxygens (including phenoxy) is 2. The highest BCUT2D eigenvalue weighted by molar-refractivity contribution is 7.51. The van der Waals surface area contributed by atoms with Crippen molar-refractivity contribution in [1.29, 1.82) is 0 Å². The van der Waals surface area contributed by atoms with Crippen molar-refractivity contribution >= 4 is 24.3 Å². The fraction of sp³-hybridized carbons (Fsp3) is 0.556. The summed E-state index contributed by atoms with van der Waals surface area (Å²) in [6.07, 6.45) is 4.94. The van der Waals surface area contributed by atoms with Gasteiger partial charge in [-0.3, -0.25) is 4.57 Å². The minimum atomic E-state index is -3.88. The maximum Gasteiger partial charge on any atom is 0.325 e. The molecule has 0 radical (unpaired) electrons. The van der Waals surface area contributed by atoms with Crippen LogP contribution < -0.4 is 14.4 Å². The average Bonchev–Trinajstić information content (AvgIpc) is 2.66. The quantitative estimate of drug-likeness (QED) is 0.690. The van der Waals surface area contributed by atoms with Crippen molar-refractivity contribution in [2.75, 3.05) is 38.4 Å². The van der Waals surface area contributed by atoms with Crippen LogP contribution in [-0.4, -0.2) is 53.2 Å². The normalized spacial score (nSPS) is 15.9. The summed E-state index contributed by atoms with van der Waals surface area (Å²) in [5, 5.41) is 0.926. The number of aromatic nitrogens is 2. The fourth-order valence-electron chi connectivity index (χ4n) is 3.64. The van der Waals surface area contributed by atoms with Crippen LogP contribution in [0, 0.1) is 5.92 Å². The van der Waals surface area contributed by atoms with Crippen molar-refractivity contribution in [2.24, 2.45) is 5.92 Å². The van der Waals surface area contributed by atoms with Crippen LogP contribution in [0.5, 0.6) is 11.5 Å². The topological polar surface area (TPSA) is 105 Å². The van der Waals surface area contributed by atoms with E-state index in [2.05, 4.69) is 14.9 Å². The van der Waals surface area contributed by atoms with E-state index in [0.717, 1.165) is 49.1 Å². The first-order valence-electron chi connectivity index (χ1n) is 9.07. The Hall–Kier alpha value is -1.89. The van der Waals surface area contributed by atoms with Crippen LogP contribution in [0.1, 0.15) is 25.7 Å². The lowest BCUT2D eigenvalue weighted by molar-refractivity contribution is 0.354. The maximum atomic E-state index is 11.0. The van der Waals surface area contributed by atoms with Crippen molar-refractivity contribution in [3.05, 3.63) is 18.5 Å². The average molecular weight is 395 g/mol. The number of hydrogen-bond acceptors (Lipinski definition) is 6. The predicted molar refractivity (Wildman–Crippen MR) is 104 cm³/mol. The molecular formula is C18H26N3O5P. The van der Waals surface area contributed by atoms with Gasteiger partial charge in [-0.05, 0) is 37.7 Å². The molecule has 0 amide bonds. The summed E-state index contributed by atoms with van der Waals surface area (Å²) in [6.45, 7) is 1.72. The molecular weight excluding hydrogens is 369 g/mol. The molecule has 0 atom stereocenters.